The van der Waals surface area contributed by atoms with E-state index in [9.17, 15) is 9.18 Å². The lowest BCUT2D eigenvalue weighted by atomic mass is 10.2. The smallest absolute Gasteiger partial charge is 0.238 e. The summed E-state index contributed by atoms with van der Waals surface area (Å²) in [5.74, 6) is 0.254. The Labute approximate surface area is 135 Å². The monoisotopic (exact) mass is 316 g/mol. The van der Waals surface area contributed by atoms with E-state index in [0.29, 0.717) is 18.8 Å². The predicted octanol–water partition coefficient (Wildman–Crippen LogP) is 3.08. The maximum atomic E-state index is 13.1. The van der Waals surface area contributed by atoms with Gasteiger partial charge in [0.1, 0.15) is 18.2 Å². The molecular weight excluding hydrogens is 295 g/mol. The van der Waals surface area contributed by atoms with Crippen LogP contribution in [0.1, 0.15) is 5.56 Å². The van der Waals surface area contributed by atoms with Gasteiger partial charge in [-0.1, -0.05) is 23.8 Å². The molecule has 23 heavy (non-hydrogen) atoms. The summed E-state index contributed by atoms with van der Waals surface area (Å²) in [6.45, 7) is 3.35. The first-order valence-electron chi connectivity index (χ1n) is 7.46. The van der Waals surface area contributed by atoms with Crippen LogP contribution < -0.4 is 10.1 Å². The zero-order valence-electron chi connectivity index (χ0n) is 13.4. The van der Waals surface area contributed by atoms with E-state index in [4.69, 9.17) is 4.74 Å². The van der Waals surface area contributed by atoms with Gasteiger partial charge in [-0.25, -0.2) is 4.39 Å². The first-order chi connectivity index (χ1) is 11.0. The highest BCUT2D eigenvalue weighted by molar-refractivity contribution is 5.92. The van der Waals surface area contributed by atoms with Gasteiger partial charge in [0.05, 0.1) is 6.54 Å². The first kappa shape index (κ1) is 17.0. The normalized spacial score (nSPS) is 10.6. The number of likely N-dealkylation sites (N-methyl/N-ethyl adjacent to an activating group) is 1. The van der Waals surface area contributed by atoms with Gasteiger partial charge in [0.2, 0.25) is 5.91 Å². The Bertz CT molecular complexity index is 644. The molecule has 2 aromatic carbocycles. The van der Waals surface area contributed by atoms with Gasteiger partial charge in [-0.15, -0.1) is 0 Å². The van der Waals surface area contributed by atoms with Gasteiger partial charge in [0.15, 0.2) is 0 Å². The summed E-state index contributed by atoms with van der Waals surface area (Å²) in [5.41, 5.74) is 1.64. The van der Waals surface area contributed by atoms with Crippen molar-refractivity contribution in [3.8, 4) is 5.75 Å². The van der Waals surface area contributed by atoms with E-state index < -0.39 is 0 Å². The number of amides is 1. The molecule has 0 unspecified atom stereocenters. The zero-order valence-corrected chi connectivity index (χ0v) is 13.4. The van der Waals surface area contributed by atoms with Gasteiger partial charge in [-0.05, 0) is 44.3 Å². The molecule has 1 N–H and O–H groups in total. The lowest BCUT2D eigenvalue weighted by molar-refractivity contribution is -0.117. The van der Waals surface area contributed by atoms with E-state index in [2.05, 4.69) is 5.32 Å². The molecule has 0 radical (unpaired) electrons. The van der Waals surface area contributed by atoms with Crippen molar-refractivity contribution in [1.82, 2.24) is 4.90 Å². The molecule has 4 nitrogen and oxygen atoms in total. The average molecular weight is 316 g/mol. The Balaban J connectivity index is 1.70. The maximum absolute atomic E-state index is 13.1. The van der Waals surface area contributed by atoms with Crippen LogP contribution in [0.2, 0.25) is 0 Å². The largest absolute Gasteiger partial charge is 0.492 e. The number of aryl methyl sites for hydroxylation is 1. The van der Waals surface area contributed by atoms with Gasteiger partial charge in [-0.2, -0.15) is 0 Å². The van der Waals surface area contributed by atoms with Crippen molar-refractivity contribution in [3.05, 3.63) is 59.9 Å². The second-order valence-electron chi connectivity index (χ2n) is 5.46. The van der Waals surface area contributed by atoms with E-state index in [0.717, 1.165) is 5.75 Å². The Morgan fingerprint density at radius 2 is 1.96 bits per heavy atom. The number of rotatable bonds is 7. The minimum Gasteiger partial charge on any atom is -0.492 e. The number of ether oxygens (including phenoxy) is 1. The fraction of sp³-hybridized carbons (Fsp3) is 0.278. The first-order valence-corrected chi connectivity index (χ1v) is 7.46. The second-order valence-corrected chi connectivity index (χ2v) is 5.46. The second kappa shape index (κ2) is 8.29. The summed E-state index contributed by atoms with van der Waals surface area (Å²) < 4.78 is 18.7. The summed E-state index contributed by atoms with van der Waals surface area (Å²) in [6.07, 6.45) is 0. The van der Waals surface area contributed by atoms with Crippen molar-refractivity contribution in [3.63, 3.8) is 0 Å². The Morgan fingerprint density at radius 1 is 1.22 bits per heavy atom. The number of anilines is 1. The van der Waals surface area contributed by atoms with Crippen molar-refractivity contribution >= 4 is 11.6 Å². The maximum Gasteiger partial charge on any atom is 0.238 e. The topological polar surface area (TPSA) is 41.6 Å². The number of nitrogens with one attached hydrogen (secondary N) is 1. The number of halogens is 1. The van der Waals surface area contributed by atoms with Gasteiger partial charge >= 0.3 is 0 Å². The molecule has 0 aliphatic heterocycles. The quantitative estimate of drug-likeness (QED) is 0.853. The lowest BCUT2D eigenvalue weighted by Gasteiger charge is -2.16. The third kappa shape index (κ3) is 6.08. The predicted molar refractivity (Wildman–Crippen MR) is 89.2 cm³/mol. The molecule has 0 aliphatic carbocycles. The molecule has 0 bridgehead atoms. The lowest BCUT2D eigenvalue weighted by Crippen LogP contribution is -2.33. The Kier molecular flexibility index (Phi) is 6.11. The van der Waals surface area contributed by atoms with Crippen molar-refractivity contribution in [2.24, 2.45) is 0 Å². The van der Waals surface area contributed by atoms with E-state index in [1.165, 1.54) is 17.7 Å². The zero-order chi connectivity index (χ0) is 16.7. The summed E-state index contributed by atoms with van der Waals surface area (Å²) in [5, 5.41) is 2.67. The summed E-state index contributed by atoms with van der Waals surface area (Å²) in [6, 6.07) is 13.7. The minimum absolute atomic E-state index is 0.187. The molecule has 1 amide bonds. The summed E-state index contributed by atoms with van der Waals surface area (Å²) >= 11 is 0. The Morgan fingerprint density at radius 3 is 2.65 bits per heavy atom. The van der Waals surface area contributed by atoms with Crippen LogP contribution in [0, 0.1) is 12.7 Å². The molecule has 0 aliphatic rings. The number of benzene rings is 2. The van der Waals surface area contributed by atoms with Crippen LogP contribution in [0.15, 0.2) is 48.5 Å². The van der Waals surface area contributed by atoms with Crippen LogP contribution in [0.25, 0.3) is 0 Å². The summed E-state index contributed by atoms with van der Waals surface area (Å²) in [7, 11) is 1.84. The van der Waals surface area contributed by atoms with Crippen molar-refractivity contribution in [1.29, 1.82) is 0 Å². The van der Waals surface area contributed by atoms with Crippen LogP contribution in [-0.4, -0.2) is 37.6 Å². The van der Waals surface area contributed by atoms with Crippen LogP contribution >= 0.6 is 0 Å². The van der Waals surface area contributed by atoms with Crippen LogP contribution in [0.4, 0.5) is 10.1 Å². The molecule has 0 saturated carbocycles. The van der Waals surface area contributed by atoms with E-state index >= 15 is 0 Å². The highest BCUT2D eigenvalue weighted by atomic mass is 19.1. The molecule has 2 rings (SSSR count). The molecular formula is C18H21FN2O2. The molecule has 122 valence electrons. The number of hydrogen-bond donors (Lipinski definition) is 1. The fourth-order valence-corrected chi connectivity index (χ4v) is 2.04. The average Bonchev–Trinajstić information content (AvgIpc) is 2.49. The Hall–Kier alpha value is -2.40. The molecule has 0 spiro atoms. The van der Waals surface area contributed by atoms with E-state index in [-0.39, 0.29) is 18.3 Å². The highest BCUT2D eigenvalue weighted by Crippen LogP contribution is 2.11. The van der Waals surface area contributed by atoms with Gasteiger partial charge < -0.3 is 10.1 Å². The van der Waals surface area contributed by atoms with Crippen molar-refractivity contribution < 1.29 is 13.9 Å². The van der Waals surface area contributed by atoms with Crippen molar-refractivity contribution in [2.45, 2.75) is 6.92 Å². The van der Waals surface area contributed by atoms with E-state index in [1.807, 2.05) is 43.1 Å². The van der Waals surface area contributed by atoms with Gasteiger partial charge in [0, 0.05) is 12.2 Å². The molecule has 2 aromatic rings. The summed E-state index contributed by atoms with van der Waals surface area (Å²) in [4.78, 5) is 13.7. The molecule has 5 heteroatoms. The highest BCUT2D eigenvalue weighted by Gasteiger charge is 2.07. The van der Waals surface area contributed by atoms with E-state index in [1.54, 1.807) is 12.1 Å². The number of carbonyl (C=O) groups is 1. The fourth-order valence-electron chi connectivity index (χ4n) is 2.04. The minimum atomic E-state index is -0.373. The van der Waals surface area contributed by atoms with Crippen LogP contribution in [0.3, 0.4) is 0 Å². The molecule has 0 heterocycles. The molecule has 0 saturated heterocycles. The third-order valence-corrected chi connectivity index (χ3v) is 3.28. The molecule has 0 aromatic heterocycles. The SMILES string of the molecule is Cc1ccc(OCCN(C)CC(=O)Nc2cccc(F)c2)cc1. The number of carbonyl (C=O) groups excluding carboxylic acids is 1. The van der Waals surface area contributed by atoms with Gasteiger partial charge in [-0.3, -0.25) is 9.69 Å². The molecule has 0 fully saturated rings. The standard InChI is InChI=1S/C18H21FN2O2/c1-14-6-8-17(9-7-14)23-11-10-21(2)13-18(22)20-16-5-3-4-15(19)12-16/h3-9,12H,10-11,13H2,1-2H3,(H,20,22). The third-order valence-electron chi connectivity index (χ3n) is 3.28. The van der Waals surface area contributed by atoms with Crippen molar-refractivity contribution in [2.75, 3.05) is 32.1 Å². The van der Waals surface area contributed by atoms with Crippen LogP contribution in [-0.2, 0) is 4.79 Å². The number of nitrogens with zero attached hydrogens (tertiary/aromatic N) is 1. The molecule has 0 atom stereocenters. The number of hydrogen-bond acceptors (Lipinski definition) is 3. The van der Waals surface area contributed by atoms with Crippen LogP contribution in [0.5, 0.6) is 5.75 Å². The van der Waals surface area contributed by atoms with Gasteiger partial charge in [0.25, 0.3) is 0 Å².